The zero-order valence-electron chi connectivity index (χ0n) is 20.4. The molecule has 0 radical (unpaired) electrons. The van der Waals surface area contributed by atoms with Crippen LogP contribution in [0.4, 0.5) is 10.5 Å². The van der Waals surface area contributed by atoms with Crippen LogP contribution in [0.25, 0.3) is 16.6 Å². The summed E-state index contributed by atoms with van der Waals surface area (Å²) < 4.78 is 36.3. The Balaban J connectivity index is 1.45. The summed E-state index contributed by atoms with van der Waals surface area (Å²) in [6.07, 6.45) is 7.70. The van der Waals surface area contributed by atoms with Crippen LogP contribution in [0.2, 0.25) is 0 Å². The van der Waals surface area contributed by atoms with E-state index in [-0.39, 0.29) is 11.1 Å². The SMILES string of the molecule is CO[C@H](C)Cn1ccc(S(=O)(=O)NC(=O)Nc2c3c(cc(C)c2-c2ccn4nccc4c2)CCC3)n1. The number of hydrogen-bond donors (Lipinski definition) is 2. The number of hydrogen-bond acceptors (Lipinski definition) is 6. The van der Waals surface area contributed by atoms with Crippen molar-refractivity contribution in [3.05, 3.63) is 65.6 Å². The fraction of sp³-hybridized carbons (Fsp3) is 0.320. The molecule has 0 fully saturated rings. The van der Waals surface area contributed by atoms with Crippen molar-refractivity contribution in [2.24, 2.45) is 0 Å². The minimum absolute atomic E-state index is 0.139. The number of amides is 2. The van der Waals surface area contributed by atoms with Crippen molar-refractivity contribution in [3.8, 4) is 11.1 Å². The van der Waals surface area contributed by atoms with Gasteiger partial charge in [-0.2, -0.15) is 18.6 Å². The lowest BCUT2D eigenvalue weighted by Gasteiger charge is -2.19. The molecule has 1 atom stereocenters. The van der Waals surface area contributed by atoms with E-state index >= 15 is 0 Å². The first-order valence-corrected chi connectivity index (χ1v) is 13.2. The van der Waals surface area contributed by atoms with Crippen molar-refractivity contribution in [1.29, 1.82) is 0 Å². The summed E-state index contributed by atoms with van der Waals surface area (Å²) in [6.45, 7) is 4.24. The number of anilines is 1. The fourth-order valence-electron chi connectivity index (χ4n) is 4.72. The average Bonchev–Trinajstić information content (AvgIpc) is 3.59. The van der Waals surface area contributed by atoms with Gasteiger partial charge >= 0.3 is 6.03 Å². The lowest BCUT2D eigenvalue weighted by atomic mass is 9.93. The summed E-state index contributed by atoms with van der Waals surface area (Å²) in [6, 6.07) is 8.54. The molecule has 0 spiro atoms. The molecule has 5 rings (SSSR count). The number of nitrogens with zero attached hydrogens (tertiary/aromatic N) is 4. The Labute approximate surface area is 209 Å². The van der Waals surface area contributed by atoms with Crippen molar-refractivity contribution in [3.63, 3.8) is 0 Å². The van der Waals surface area contributed by atoms with E-state index in [0.717, 1.165) is 47.0 Å². The number of aryl methyl sites for hydroxylation is 2. The molecule has 11 heteroatoms. The molecule has 0 saturated heterocycles. The van der Waals surface area contributed by atoms with Crippen LogP contribution in [0.5, 0.6) is 0 Å². The number of sulfonamides is 1. The topological polar surface area (TPSA) is 120 Å². The highest BCUT2D eigenvalue weighted by molar-refractivity contribution is 7.90. The Hall–Kier alpha value is -3.70. The quantitative estimate of drug-likeness (QED) is 0.394. The Morgan fingerprint density at radius 2 is 2.03 bits per heavy atom. The molecule has 0 aliphatic heterocycles. The number of benzene rings is 1. The van der Waals surface area contributed by atoms with E-state index < -0.39 is 16.1 Å². The number of ether oxygens (including phenoxy) is 1. The first-order valence-electron chi connectivity index (χ1n) is 11.7. The number of methoxy groups -OCH3 is 1. The standard InChI is InChI=1S/C25H28N6O4S/c1-16-13-18-5-4-6-21(18)24(23(16)19-8-12-31-20(14-19)7-10-26-31)27-25(32)29-36(33,34)22-9-11-30(28-22)15-17(2)35-3/h7-14,17H,4-6,15H2,1-3H3,(H2,27,29,32)/t17-/m1/s1. The van der Waals surface area contributed by atoms with E-state index in [1.165, 1.54) is 16.3 Å². The van der Waals surface area contributed by atoms with E-state index in [0.29, 0.717) is 12.2 Å². The Kier molecular flexibility index (Phi) is 6.27. The van der Waals surface area contributed by atoms with E-state index in [9.17, 15) is 13.2 Å². The molecule has 0 bridgehead atoms. The normalized spacial score (nSPS) is 14.1. The molecule has 0 unspecified atom stereocenters. The molecule has 10 nitrogen and oxygen atoms in total. The van der Waals surface area contributed by atoms with E-state index in [1.54, 1.807) is 24.0 Å². The third kappa shape index (κ3) is 4.59. The second-order valence-corrected chi connectivity index (χ2v) is 10.7. The number of pyridine rings is 1. The zero-order chi connectivity index (χ0) is 25.4. The van der Waals surface area contributed by atoms with Crippen LogP contribution >= 0.6 is 0 Å². The average molecular weight is 509 g/mol. The van der Waals surface area contributed by atoms with Gasteiger partial charge in [-0.3, -0.25) is 4.68 Å². The zero-order valence-corrected chi connectivity index (χ0v) is 21.2. The molecule has 188 valence electrons. The van der Waals surface area contributed by atoms with Gasteiger partial charge in [-0.05, 0) is 79.6 Å². The molecule has 1 aliphatic carbocycles. The number of urea groups is 1. The largest absolute Gasteiger partial charge is 0.380 e. The van der Waals surface area contributed by atoms with Crippen LogP contribution in [-0.4, -0.2) is 47.1 Å². The fourth-order valence-corrected chi connectivity index (χ4v) is 5.57. The highest BCUT2D eigenvalue weighted by Crippen LogP contribution is 2.40. The molecule has 2 N–H and O–H groups in total. The lowest BCUT2D eigenvalue weighted by Crippen LogP contribution is -2.35. The summed E-state index contributed by atoms with van der Waals surface area (Å²) in [5, 5.41) is 11.0. The van der Waals surface area contributed by atoms with Crippen molar-refractivity contribution < 1.29 is 17.9 Å². The number of carbonyl (C=O) groups is 1. The second-order valence-electron chi connectivity index (χ2n) is 9.03. The summed E-state index contributed by atoms with van der Waals surface area (Å²) in [5.74, 6) is 0. The maximum absolute atomic E-state index is 13.0. The summed E-state index contributed by atoms with van der Waals surface area (Å²) >= 11 is 0. The first kappa shape index (κ1) is 24.0. The minimum Gasteiger partial charge on any atom is -0.380 e. The predicted molar refractivity (Wildman–Crippen MR) is 135 cm³/mol. The molecule has 4 aromatic rings. The molecule has 3 aromatic heterocycles. The second kappa shape index (κ2) is 9.40. The molecule has 3 heterocycles. The molecule has 2 amide bonds. The smallest absolute Gasteiger partial charge is 0.333 e. The van der Waals surface area contributed by atoms with E-state index in [4.69, 9.17) is 4.74 Å². The van der Waals surface area contributed by atoms with Gasteiger partial charge in [0.15, 0.2) is 5.03 Å². The van der Waals surface area contributed by atoms with Gasteiger partial charge in [0.2, 0.25) is 0 Å². The van der Waals surface area contributed by atoms with Gasteiger partial charge < -0.3 is 10.1 Å². The Bertz CT molecular complexity index is 1560. The number of nitrogens with one attached hydrogen (secondary N) is 2. The van der Waals surface area contributed by atoms with Gasteiger partial charge in [0.25, 0.3) is 10.0 Å². The van der Waals surface area contributed by atoms with Crippen LogP contribution < -0.4 is 10.0 Å². The number of aromatic nitrogens is 4. The summed E-state index contributed by atoms with van der Waals surface area (Å²) in [5.41, 5.74) is 6.55. The number of fused-ring (bicyclic) bond motifs is 2. The Morgan fingerprint density at radius 3 is 2.83 bits per heavy atom. The van der Waals surface area contributed by atoms with Crippen molar-refractivity contribution in [2.45, 2.75) is 50.8 Å². The third-order valence-corrected chi connectivity index (χ3v) is 7.71. The first-order chi connectivity index (χ1) is 17.2. The van der Waals surface area contributed by atoms with Gasteiger partial charge in [0.05, 0.1) is 23.9 Å². The maximum Gasteiger partial charge on any atom is 0.333 e. The molecular weight excluding hydrogens is 480 g/mol. The van der Waals surface area contributed by atoms with Gasteiger partial charge in [-0.15, -0.1) is 0 Å². The molecule has 0 saturated carbocycles. The van der Waals surface area contributed by atoms with Crippen LogP contribution in [-0.2, 0) is 34.1 Å². The van der Waals surface area contributed by atoms with Crippen LogP contribution in [0.1, 0.15) is 30.0 Å². The maximum atomic E-state index is 13.0. The summed E-state index contributed by atoms with van der Waals surface area (Å²) in [4.78, 5) is 13.0. The predicted octanol–water partition coefficient (Wildman–Crippen LogP) is 3.54. The number of rotatable bonds is 7. The van der Waals surface area contributed by atoms with Crippen LogP contribution in [0.3, 0.4) is 0 Å². The third-order valence-electron chi connectivity index (χ3n) is 6.49. The molecular formula is C25H28N6O4S. The highest BCUT2D eigenvalue weighted by Gasteiger charge is 2.26. The minimum atomic E-state index is -4.17. The van der Waals surface area contributed by atoms with Gasteiger partial charge in [0, 0.05) is 31.3 Å². The van der Waals surface area contributed by atoms with Crippen molar-refractivity contribution in [2.75, 3.05) is 12.4 Å². The van der Waals surface area contributed by atoms with Crippen molar-refractivity contribution in [1.82, 2.24) is 24.1 Å². The van der Waals surface area contributed by atoms with E-state index in [2.05, 4.69) is 26.3 Å². The van der Waals surface area contributed by atoms with Gasteiger partial charge in [-0.1, -0.05) is 6.07 Å². The van der Waals surface area contributed by atoms with Crippen LogP contribution in [0.15, 0.2) is 53.9 Å². The van der Waals surface area contributed by atoms with Gasteiger partial charge in [0.1, 0.15) is 0 Å². The number of carbonyl (C=O) groups excluding carboxylic acids is 1. The monoisotopic (exact) mass is 508 g/mol. The van der Waals surface area contributed by atoms with Crippen LogP contribution in [0, 0.1) is 6.92 Å². The highest BCUT2D eigenvalue weighted by atomic mass is 32.2. The van der Waals surface area contributed by atoms with Gasteiger partial charge in [-0.25, -0.2) is 14.0 Å². The van der Waals surface area contributed by atoms with E-state index in [1.807, 2.05) is 38.2 Å². The lowest BCUT2D eigenvalue weighted by molar-refractivity contribution is 0.0995. The molecule has 1 aromatic carbocycles. The van der Waals surface area contributed by atoms with Crippen molar-refractivity contribution >= 4 is 27.3 Å². The Morgan fingerprint density at radius 1 is 1.19 bits per heavy atom. The molecule has 36 heavy (non-hydrogen) atoms. The molecule has 1 aliphatic rings. The summed E-state index contributed by atoms with van der Waals surface area (Å²) in [7, 11) is -2.60.